The number of hydrogen-bond donors (Lipinski definition) is 0. The Balaban J connectivity index is 4.31. The molecule has 0 spiro atoms. The highest BCUT2D eigenvalue weighted by atomic mass is 16.6. The minimum Gasteiger partial charge on any atom is -0.462 e. The Kier molecular flexibility index (Phi) is 52.3. The molecule has 0 aromatic carbocycles. The lowest BCUT2D eigenvalue weighted by Crippen LogP contribution is -2.30. The molecule has 0 saturated heterocycles. The highest BCUT2D eigenvalue weighted by Gasteiger charge is 2.19. The standard InChI is InChI=1S/C59H108O6/c1-4-7-10-13-16-19-22-25-26-27-28-29-30-31-32-35-38-41-44-47-50-53-59(62)65-56(54-63-57(60)51-48-45-42-39-36-33-23-20-17-14-11-8-5-2)55-64-58(61)52-49-46-43-40-37-34-24-21-18-15-12-9-6-3/h20-21,23-26,56H,4-19,22,27-55H2,1-3H3/b23-20-,24-21-,26-25-. The van der Waals surface area contributed by atoms with Crippen molar-refractivity contribution in [2.24, 2.45) is 0 Å². The zero-order valence-electron chi connectivity index (χ0n) is 43.5. The van der Waals surface area contributed by atoms with Crippen molar-refractivity contribution in [2.45, 2.75) is 309 Å². The van der Waals surface area contributed by atoms with Crippen LogP contribution in [0.15, 0.2) is 36.5 Å². The summed E-state index contributed by atoms with van der Waals surface area (Å²) in [5, 5.41) is 0. The van der Waals surface area contributed by atoms with E-state index in [1.807, 2.05) is 0 Å². The highest BCUT2D eigenvalue weighted by Crippen LogP contribution is 2.16. The summed E-state index contributed by atoms with van der Waals surface area (Å²) in [6.07, 6.45) is 64.2. The Labute approximate surface area is 404 Å². The quantitative estimate of drug-likeness (QED) is 0.0262. The second kappa shape index (κ2) is 54.2. The topological polar surface area (TPSA) is 78.9 Å². The van der Waals surface area contributed by atoms with Gasteiger partial charge in [0, 0.05) is 19.3 Å². The lowest BCUT2D eigenvalue weighted by molar-refractivity contribution is -0.167. The molecule has 0 aliphatic rings. The molecule has 65 heavy (non-hydrogen) atoms. The van der Waals surface area contributed by atoms with Gasteiger partial charge in [0.05, 0.1) is 0 Å². The van der Waals surface area contributed by atoms with Crippen molar-refractivity contribution in [2.75, 3.05) is 13.2 Å². The van der Waals surface area contributed by atoms with Gasteiger partial charge in [0.15, 0.2) is 6.10 Å². The summed E-state index contributed by atoms with van der Waals surface area (Å²) in [5.41, 5.74) is 0. The number of rotatable bonds is 52. The highest BCUT2D eigenvalue weighted by molar-refractivity contribution is 5.71. The minimum atomic E-state index is -0.777. The maximum atomic E-state index is 12.8. The minimum absolute atomic E-state index is 0.0772. The molecule has 0 atom stereocenters. The maximum Gasteiger partial charge on any atom is 0.306 e. The molecule has 0 rings (SSSR count). The van der Waals surface area contributed by atoms with Crippen LogP contribution < -0.4 is 0 Å². The summed E-state index contributed by atoms with van der Waals surface area (Å²) in [5.74, 6) is -0.881. The maximum absolute atomic E-state index is 12.8. The van der Waals surface area contributed by atoms with Crippen molar-refractivity contribution in [1.82, 2.24) is 0 Å². The molecular weight excluding hydrogens is 805 g/mol. The van der Waals surface area contributed by atoms with Crippen LogP contribution in [-0.2, 0) is 28.6 Å². The zero-order valence-corrected chi connectivity index (χ0v) is 43.5. The normalized spacial score (nSPS) is 11.8. The Morgan fingerprint density at radius 1 is 0.292 bits per heavy atom. The van der Waals surface area contributed by atoms with Gasteiger partial charge in [-0.05, 0) is 96.3 Å². The Bertz CT molecular complexity index is 1040. The van der Waals surface area contributed by atoms with E-state index < -0.39 is 6.10 Å². The van der Waals surface area contributed by atoms with Crippen LogP contribution in [0.2, 0.25) is 0 Å². The number of unbranched alkanes of at least 4 members (excludes halogenated alkanes) is 35. The van der Waals surface area contributed by atoms with Gasteiger partial charge in [0.25, 0.3) is 0 Å². The van der Waals surface area contributed by atoms with E-state index in [0.717, 1.165) is 70.6 Å². The van der Waals surface area contributed by atoms with Crippen LogP contribution in [0.1, 0.15) is 303 Å². The third kappa shape index (κ3) is 52.5. The number of esters is 3. The first-order valence-corrected chi connectivity index (χ1v) is 28.5. The van der Waals surface area contributed by atoms with Crippen LogP contribution in [0.4, 0.5) is 0 Å². The van der Waals surface area contributed by atoms with Crippen molar-refractivity contribution in [3.8, 4) is 0 Å². The third-order valence-corrected chi connectivity index (χ3v) is 12.6. The molecule has 0 aliphatic carbocycles. The summed E-state index contributed by atoms with van der Waals surface area (Å²) in [4.78, 5) is 38.1. The fraction of sp³-hybridized carbons (Fsp3) is 0.847. The molecule has 0 N–H and O–H groups in total. The van der Waals surface area contributed by atoms with Gasteiger partial charge in [-0.1, -0.05) is 224 Å². The van der Waals surface area contributed by atoms with E-state index in [1.165, 1.54) is 193 Å². The number of ether oxygens (including phenoxy) is 3. The lowest BCUT2D eigenvalue weighted by atomic mass is 10.0. The molecule has 0 radical (unpaired) electrons. The molecule has 380 valence electrons. The number of carbonyl (C=O) groups excluding carboxylic acids is 3. The molecule has 0 aliphatic heterocycles. The zero-order chi connectivity index (χ0) is 47.2. The number of carbonyl (C=O) groups is 3. The van der Waals surface area contributed by atoms with E-state index in [1.54, 1.807) is 0 Å². The van der Waals surface area contributed by atoms with Crippen molar-refractivity contribution in [3.63, 3.8) is 0 Å². The summed E-state index contributed by atoms with van der Waals surface area (Å²) < 4.78 is 16.8. The van der Waals surface area contributed by atoms with Gasteiger partial charge in [-0.3, -0.25) is 14.4 Å². The fourth-order valence-electron chi connectivity index (χ4n) is 8.25. The van der Waals surface area contributed by atoms with Gasteiger partial charge in [-0.2, -0.15) is 0 Å². The molecule has 0 heterocycles. The molecule has 0 unspecified atom stereocenters. The van der Waals surface area contributed by atoms with Crippen LogP contribution >= 0.6 is 0 Å². The molecule has 0 fully saturated rings. The molecule has 6 heteroatoms. The predicted octanol–water partition coefficient (Wildman–Crippen LogP) is 18.9. The van der Waals surface area contributed by atoms with Crippen molar-refractivity contribution in [1.29, 1.82) is 0 Å². The molecule has 0 saturated carbocycles. The summed E-state index contributed by atoms with van der Waals surface area (Å²) in [7, 11) is 0. The van der Waals surface area contributed by atoms with Crippen LogP contribution in [-0.4, -0.2) is 37.2 Å². The third-order valence-electron chi connectivity index (χ3n) is 12.6. The smallest absolute Gasteiger partial charge is 0.306 e. The summed E-state index contributed by atoms with van der Waals surface area (Å²) in [6.45, 7) is 6.62. The van der Waals surface area contributed by atoms with E-state index in [9.17, 15) is 14.4 Å². The van der Waals surface area contributed by atoms with Crippen molar-refractivity contribution >= 4 is 17.9 Å². The van der Waals surface area contributed by atoms with Crippen molar-refractivity contribution < 1.29 is 28.6 Å². The first-order valence-electron chi connectivity index (χ1n) is 28.5. The molecular formula is C59H108O6. The van der Waals surface area contributed by atoms with Crippen LogP contribution in [0.25, 0.3) is 0 Å². The average Bonchev–Trinajstić information content (AvgIpc) is 3.30. The van der Waals surface area contributed by atoms with E-state index in [4.69, 9.17) is 14.2 Å². The van der Waals surface area contributed by atoms with E-state index in [0.29, 0.717) is 19.3 Å². The number of hydrogen-bond acceptors (Lipinski definition) is 6. The van der Waals surface area contributed by atoms with E-state index in [-0.39, 0.29) is 31.1 Å². The molecule has 0 aromatic heterocycles. The van der Waals surface area contributed by atoms with Crippen LogP contribution in [0.3, 0.4) is 0 Å². The average molecular weight is 914 g/mol. The second-order valence-corrected chi connectivity index (χ2v) is 19.2. The first kappa shape index (κ1) is 62.6. The SMILES string of the molecule is CCCCCC/C=C\CCCCCCCC(=O)OCC(COC(=O)CCCCCCC/C=C\CCCCCC)OC(=O)CCCCCCCCCCCCC/C=C\CCCCCCCC. The molecule has 0 amide bonds. The van der Waals surface area contributed by atoms with Gasteiger partial charge < -0.3 is 14.2 Å². The Hall–Kier alpha value is -2.37. The first-order chi connectivity index (χ1) is 32.0. The summed E-state index contributed by atoms with van der Waals surface area (Å²) in [6, 6.07) is 0. The van der Waals surface area contributed by atoms with Crippen LogP contribution in [0, 0.1) is 0 Å². The predicted molar refractivity (Wildman–Crippen MR) is 279 cm³/mol. The van der Waals surface area contributed by atoms with Gasteiger partial charge in [-0.15, -0.1) is 0 Å². The van der Waals surface area contributed by atoms with E-state index in [2.05, 4.69) is 57.2 Å². The fourth-order valence-corrected chi connectivity index (χ4v) is 8.25. The Morgan fingerprint density at radius 3 is 0.785 bits per heavy atom. The monoisotopic (exact) mass is 913 g/mol. The van der Waals surface area contributed by atoms with E-state index >= 15 is 0 Å². The van der Waals surface area contributed by atoms with Crippen molar-refractivity contribution in [3.05, 3.63) is 36.5 Å². The van der Waals surface area contributed by atoms with Gasteiger partial charge in [0.1, 0.15) is 13.2 Å². The summed E-state index contributed by atoms with van der Waals surface area (Å²) >= 11 is 0. The lowest BCUT2D eigenvalue weighted by Gasteiger charge is -2.18. The van der Waals surface area contributed by atoms with Crippen LogP contribution in [0.5, 0.6) is 0 Å². The molecule has 0 aromatic rings. The second-order valence-electron chi connectivity index (χ2n) is 19.2. The Morgan fingerprint density at radius 2 is 0.508 bits per heavy atom. The molecule has 0 bridgehead atoms. The van der Waals surface area contributed by atoms with Gasteiger partial charge in [-0.25, -0.2) is 0 Å². The van der Waals surface area contributed by atoms with Gasteiger partial charge in [0.2, 0.25) is 0 Å². The van der Waals surface area contributed by atoms with Gasteiger partial charge >= 0.3 is 17.9 Å². The number of allylic oxidation sites excluding steroid dienone is 6. The largest absolute Gasteiger partial charge is 0.462 e. The molecule has 6 nitrogen and oxygen atoms in total.